The average molecular weight is 196 g/mol. The molecule has 4 nitrogen and oxygen atoms in total. The van der Waals surface area contributed by atoms with Crippen molar-refractivity contribution in [3.63, 3.8) is 0 Å². The van der Waals surface area contributed by atoms with Gasteiger partial charge in [-0.15, -0.1) is 0 Å². The lowest BCUT2D eigenvalue weighted by atomic mass is 9.51. The summed E-state index contributed by atoms with van der Waals surface area (Å²) in [4.78, 5) is 13.2. The summed E-state index contributed by atoms with van der Waals surface area (Å²) >= 11 is 0. The van der Waals surface area contributed by atoms with Gasteiger partial charge in [0.25, 0.3) is 0 Å². The van der Waals surface area contributed by atoms with E-state index in [1.54, 1.807) is 0 Å². The zero-order chi connectivity index (χ0) is 9.87. The van der Waals surface area contributed by atoms with Crippen molar-refractivity contribution >= 4 is 6.09 Å². The summed E-state index contributed by atoms with van der Waals surface area (Å²) in [5, 5.41) is 0. The second-order valence-electron chi connectivity index (χ2n) is 4.72. The number of likely N-dealkylation sites (tertiary alicyclic amines) is 1. The van der Waals surface area contributed by atoms with E-state index in [4.69, 9.17) is 10.5 Å². The van der Waals surface area contributed by atoms with E-state index in [-0.39, 0.29) is 6.10 Å². The number of carbonyl (C=O) groups is 1. The van der Waals surface area contributed by atoms with Gasteiger partial charge in [-0.05, 0) is 24.8 Å². The maximum atomic E-state index is 10.7. The molecule has 0 aromatic heterocycles. The molecule has 0 bridgehead atoms. The molecule has 5 atom stereocenters. The van der Waals surface area contributed by atoms with Crippen LogP contribution in [0.1, 0.15) is 13.3 Å². The molecule has 1 saturated heterocycles. The van der Waals surface area contributed by atoms with Crippen molar-refractivity contribution in [1.82, 2.24) is 4.90 Å². The van der Waals surface area contributed by atoms with Crippen molar-refractivity contribution < 1.29 is 9.53 Å². The first-order valence-electron chi connectivity index (χ1n) is 5.42. The van der Waals surface area contributed by atoms with Crippen LogP contribution < -0.4 is 5.73 Å². The molecule has 0 radical (unpaired) electrons. The number of carbonyl (C=O) groups excluding carboxylic acids is 1. The molecule has 0 aromatic rings. The van der Waals surface area contributed by atoms with Gasteiger partial charge >= 0.3 is 6.09 Å². The Labute approximate surface area is 83.4 Å². The third-order valence-electron chi connectivity index (χ3n) is 4.32. The molecule has 78 valence electrons. The number of nitrogens with zero attached hydrogens (tertiary/aromatic N) is 1. The molecule has 2 N–H and O–H groups in total. The number of rotatable bonds is 2. The highest BCUT2D eigenvalue weighted by Gasteiger charge is 2.67. The van der Waals surface area contributed by atoms with Crippen molar-refractivity contribution in [2.45, 2.75) is 25.5 Å². The molecule has 0 aromatic carbocycles. The number of hydrogen-bond acceptors (Lipinski definition) is 3. The normalized spacial score (nSPS) is 49.1. The van der Waals surface area contributed by atoms with Gasteiger partial charge in [-0.3, -0.25) is 4.90 Å². The van der Waals surface area contributed by atoms with Gasteiger partial charge in [-0.1, -0.05) is 6.92 Å². The number of ether oxygens (including phenoxy) is 1. The van der Waals surface area contributed by atoms with Crippen LogP contribution in [0.4, 0.5) is 4.79 Å². The minimum absolute atomic E-state index is 0.0937. The summed E-state index contributed by atoms with van der Waals surface area (Å²) in [5.41, 5.74) is 5.07. The minimum Gasteiger partial charge on any atom is -0.444 e. The Bertz CT molecular complexity index is 281. The zero-order valence-electron chi connectivity index (χ0n) is 8.35. The highest BCUT2D eigenvalue weighted by atomic mass is 16.6. The van der Waals surface area contributed by atoms with Crippen molar-refractivity contribution in [3.8, 4) is 0 Å². The first kappa shape index (κ1) is 8.53. The Balaban J connectivity index is 1.74. The standard InChI is InChI=1S/C10H16N2O2/c1-2-12-4-5-3-6-7(5)8(12)9(6)14-10(11)13/h5-9H,2-4H2,1H3,(H2,11,13)/t5-,6?,7?,8+,9?/m1/s1. The lowest BCUT2D eigenvalue weighted by Gasteiger charge is -2.57. The van der Waals surface area contributed by atoms with Gasteiger partial charge in [-0.25, -0.2) is 4.79 Å². The lowest BCUT2D eigenvalue weighted by Crippen LogP contribution is -2.65. The maximum Gasteiger partial charge on any atom is 0.404 e. The summed E-state index contributed by atoms with van der Waals surface area (Å²) < 4.78 is 5.18. The van der Waals surface area contributed by atoms with Crippen LogP contribution in [-0.4, -0.2) is 36.2 Å². The van der Waals surface area contributed by atoms with Gasteiger partial charge in [0, 0.05) is 12.5 Å². The van der Waals surface area contributed by atoms with E-state index >= 15 is 0 Å². The fraction of sp³-hybridized carbons (Fsp3) is 0.900. The quantitative estimate of drug-likeness (QED) is 0.696. The summed E-state index contributed by atoms with van der Waals surface area (Å²) in [5.74, 6) is 2.30. The maximum absolute atomic E-state index is 10.7. The number of primary amides is 1. The Morgan fingerprint density at radius 3 is 3.07 bits per heavy atom. The monoisotopic (exact) mass is 196 g/mol. The average Bonchev–Trinajstić information content (AvgIpc) is 2.24. The molecule has 3 rings (SSSR count). The molecule has 0 spiro atoms. The van der Waals surface area contributed by atoms with Gasteiger partial charge in [0.05, 0.1) is 6.04 Å². The fourth-order valence-electron chi connectivity index (χ4n) is 3.73. The Hall–Kier alpha value is -0.770. The van der Waals surface area contributed by atoms with Crippen LogP contribution >= 0.6 is 0 Å². The van der Waals surface area contributed by atoms with E-state index in [1.807, 2.05) is 0 Å². The van der Waals surface area contributed by atoms with E-state index in [1.165, 1.54) is 13.0 Å². The van der Waals surface area contributed by atoms with Crippen LogP contribution in [0, 0.1) is 17.8 Å². The van der Waals surface area contributed by atoms with E-state index in [0.717, 1.165) is 18.4 Å². The summed E-state index contributed by atoms with van der Waals surface area (Å²) in [6.45, 7) is 4.42. The summed E-state index contributed by atoms with van der Waals surface area (Å²) in [6.07, 6.45) is 0.714. The Morgan fingerprint density at radius 1 is 1.64 bits per heavy atom. The SMILES string of the molecule is CCN1C[C@H]2CC3C(OC(N)=O)[C@@H]1C32. The molecule has 4 heteroatoms. The van der Waals surface area contributed by atoms with E-state index in [0.29, 0.717) is 12.0 Å². The molecular weight excluding hydrogens is 180 g/mol. The number of hydrogen-bond donors (Lipinski definition) is 1. The van der Waals surface area contributed by atoms with Gasteiger partial charge in [0.1, 0.15) is 6.10 Å². The van der Waals surface area contributed by atoms with Gasteiger partial charge in [-0.2, -0.15) is 0 Å². The largest absolute Gasteiger partial charge is 0.444 e. The highest BCUT2D eigenvalue weighted by molar-refractivity contribution is 5.65. The topological polar surface area (TPSA) is 55.6 Å². The Kier molecular flexibility index (Phi) is 1.60. The van der Waals surface area contributed by atoms with E-state index in [9.17, 15) is 4.79 Å². The fourth-order valence-corrected chi connectivity index (χ4v) is 3.73. The predicted molar refractivity (Wildman–Crippen MR) is 50.6 cm³/mol. The van der Waals surface area contributed by atoms with Crippen LogP contribution in [0.25, 0.3) is 0 Å². The van der Waals surface area contributed by atoms with Gasteiger partial charge < -0.3 is 10.5 Å². The molecular formula is C10H16N2O2. The number of amides is 1. The van der Waals surface area contributed by atoms with Crippen LogP contribution in [0.2, 0.25) is 0 Å². The van der Waals surface area contributed by atoms with Crippen LogP contribution in [-0.2, 0) is 4.74 Å². The third-order valence-corrected chi connectivity index (χ3v) is 4.32. The highest BCUT2D eigenvalue weighted by Crippen LogP contribution is 2.61. The summed E-state index contributed by atoms with van der Waals surface area (Å²) in [7, 11) is 0. The predicted octanol–water partition coefficient (Wildman–Crippen LogP) is 0.420. The molecule has 3 aliphatic rings. The Morgan fingerprint density at radius 2 is 2.43 bits per heavy atom. The van der Waals surface area contributed by atoms with E-state index in [2.05, 4.69) is 11.8 Å². The molecule has 14 heavy (non-hydrogen) atoms. The van der Waals surface area contributed by atoms with Gasteiger partial charge in [0.2, 0.25) is 0 Å². The molecule has 2 aliphatic carbocycles. The molecule has 1 amide bonds. The minimum atomic E-state index is -0.611. The molecule has 1 aliphatic heterocycles. The van der Waals surface area contributed by atoms with Gasteiger partial charge in [0.15, 0.2) is 0 Å². The number of likely N-dealkylation sites (N-methyl/N-ethyl adjacent to an activating group) is 1. The molecule has 3 fully saturated rings. The summed E-state index contributed by atoms with van der Waals surface area (Å²) in [6, 6.07) is 0.483. The molecule has 3 unspecified atom stereocenters. The number of nitrogens with two attached hydrogens (primary N) is 1. The van der Waals surface area contributed by atoms with Crippen LogP contribution in [0.5, 0.6) is 0 Å². The van der Waals surface area contributed by atoms with E-state index < -0.39 is 6.09 Å². The van der Waals surface area contributed by atoms with Crippen LogP contribution in [0.3, 0.4) is 0 Å². The first-order valence-corrected chi connectivity index (χ1v) is 5.42. The van der Waals surface area contributed by atoms with Crippen molar-refractivity contribution in [1.29, 1.82) is 0 Å². The lowest BCUT2D eigenvalue weighted by molar-refractivity contribution is -0.148. The first-order chi connectivity index (χ1) is 6.72. The molecule has 2 saturated carbocycles. The van der Waals surface area contributed by atoms with Crippen molar-refractivity contribution in [2.75, 3.05) is 13.1 Å². The second-order valence-corrected chi connectivity index (χ2v) is 4.72. The second kappa shape index (κ2) is 2.63. The van der Waals surface area contributed by atoms with Crippen molar-refractivity contribution in [3.05, 3.63) is 0 Å². The van der Waals surface area contributed by atoms with Crippen LogP contribution in [0.15, 0.2) is 0 Å². The zero-order valence-corrected chi connectivity index (χ0v) is 8.35. The van der Waals surface area contributed by atoms with Crippen molar-refractivity contribution in [2.24, 2.45) is 23.5 Å². The smallest absolute Gasteiger partial charge is 0.404 e. The third kappa shape index (κ3) is 0.848. The molecule has 1 heterocycles.